The van der Waals surface area contributed by atoms with Gasteiger partial charge in [0.25, 0.3) is 0 Å². The lowest BCUT2D eigenvalue weighted by molar-refractivity contribution is 0.443. The van der Waals surface area contributed by atoms with E-state index in [-0.39, 0.29) is 6.01 Å². The molecule has 114 valence electrons. The summed E-state index contributed by atoms with van der Waals surface area (Å²) in [5, 5.41) is 1.38. The minimum Gasteiger partial charge on any atom is -0.424 e. The summed E-state index contributed by atoms with van der Waals surface area (Å²) in [4.78, 5) is 12.0. The predicted octanol–water partition coefficient (Wildman–Crippen LogP) is 4.59. The van der Waals surface area contributed by atoms with E-state index in [1.807, 2.05) is 19.1 Å². The number of halogens is 1. The van der Waals surface area contributed by atoms with Gasteiger partial charge in [-0.15, -0.1) is 6.42 Å². The Hall–Kier alpha value is -2.77. The van der Waals surface area contributed by atoms with Crippen LogP contribution in [-0.2, 0) is 6.42 Å². The summed E-state index contributed by atoms with van der Waals surface area (Å²) in [5.74, 6) is 3.14. The third-order valence-electron chi connectivity index (χ3n) is 3.43. The average Bonchev–Trinajstić information content (AvgIpc) is 2.90. The highest BCUT2D eigenvalue weighted by molar-refractivity contribution is 6.36. The Kier molecular flexibility index (Phi) is 4.05. The van der Waals surface area contributed by atoms with Crippen molar-refractivity contribution in [2.45, 2.75) is 13.3 Å². The van der Waals surface area contributed by atoms with Crippen LogP contribution in [0.2, 0.25) is 5.02 Å². The average molecular weight is 324 g/mol. The maximum atomic E-state index is 6.37. The van der Waals surface area contributed by atoms with Gasteiger partial charge in [0.15, 0.2) is 0 Å². The SMILES string of the molecule is C#Cc1cccc(Oc2nc(C=C)c3c(Cl)c(CC)[nH]c3n2)c1. The molecule has 0 unspecified atom stereocenters. The summed E-state index contributed by atoms with van der Waals surface area (Å²) < 4.78 is 5.73. The molecule has 0 spiro atoms. The third-order valence-corrected chi connectivity index (χ3v) is 3.84. The van der Waals surface area contributed by atoms with Crippen LogP contribution >= 0.6 is 11.6 Å². The van der Waals surface area contributed by atoms with Crippen molar-refractivity contribution in [2.75, 3.05) is 0 Å². The number of aryl methyl sites for hydroxylation is 1. The van der Waals surface area contributed by atoms with E-state index in [0.29, 0.717) is 22.1 Å². The Labute approximate surface area is 139 Å². The number of nitrogens with zero attached hydrogens (tertiary/aromatic N) is 2. The van der Waals surface area contributed by atoms with Crippen molar-refractivity contribution in [1.82, 2.24) is 15.0 Å². The van der Waals surface area contributed by atoms with Gasteiger partial charge in [0.05, 0.1) is 16.1 Å². The fourth-order valence-corrected chi connectivity index (χ4v) is 2.67. The molecule has 0 aliphatic carbocycles. The number of aromatic amines is 1. The first kappa shape index (κ1) is 15.1. The van der Waals surface area contributed by atoms with Crippen molar-refractivity contribution in [1.29, 1.82) is 0 Å². The molecule has 0 amide bonds. The molecule has 0 saturated carbocycles. The minimum atomic E-state index is 0.210. The van der Waals surface area contributed by atoms with Crippen LogP contribution in [0.3, 0.4) is 0 Å². The van der Waals surface area contributed by atoms with Gasteiger partial charge in [-0.1, -0.05) is 37.1 Å². The smallest absolute Gasteiger partial charge is 0.324 e. The summed E-state index contributed by atoms with van der Waals surface area (Å²) >= 11 is 6.37. The summed E-state index contributed by atoms with van der Waals surface area (Å²) in [6.45, 7) is 5.80. The van der Waals surface area contributed by atoms with Crippen LogP contribution in [0.15, 0.2) is 30.8 Å². The monoisotopic (exact) mass is 323 g/mol. The van der Waals surface area contributed by atoms with Crippen molar-refractivity contribution in [3.63, 3.8) is 0 Å². The molecule has 5 heteroatoms. The first-order valence-electron chi connectivity index (χ1n) is 7.11. The first-order valence-corrected chi connectivity index (χ1v) is 7.49. The van der Waals surface area contributed by atoms with Crippen LogP contribution in [0, 0.1) is 12.3 Å². The number of benzene rings is 1. The van der Waals surface area contributed by atoms with Gasteiger partial charge in [-0.25, -0.2) is 0 Å². The van der Waals surface area contributed by atoms with Crippen molar-refractivity contribution >= 4 is 28.7 Å². The Morgan fingerprint density at radius 1 is 1.43 bits per heavy atom. The second-order valence-electron chi connectivity index (χ2n) is 4.86. The van der Waals surface area contributed by atoms with Crippen LogP contribution < -0.4 is 4.74 Å². The van der Waals surface area contributed by atoms with E-state index in [0.717, 1.165) is 23.1 Å². The lowest BCUT2D eigenvalue weighted by atomic mass is 10.2. The molecule has 2 heterocycles. The number of nitrogens with one attached hydrogen (secondary N) is 1. The number of rotatable bonds is 4. The topological polar surface area (TPSA) is 50.8 Å². The zero-order valence-electron chi connectivity index (χ0n) is 12.6. The number of hydrogen-bond acceptors (Lipinski definition) is 3. The highest BCUT2D eigenvalue weighted by atomic mass is 35.5. The number of H-pyrrole nitrogens is 1. The van der Waals surface area contributed by atoms with Gasteiger partial charge in [-0.2, -0.15) is 9.97 Å². The van der Waals surface area contributed by atoms with Crippen LogP contribution in [0.5, 0.6) is 11.8 Å². The second-order valence-corrected chi connectivity index (χ2v) is 5.24. The van der Waals surface area contributed by atoms with E-state index in [2.05, 4.69) is 27.5 Å². The summed E-state index contributed by atoms with van der Waals surface area (Å²) in [5.41, 5.74) is 2.88. The van der Waals surface area contributed by atoms with Gasteiger partial charge in [0, 0.05) is 11.3 Å². The van der Waals surface area contributed by atoms with Gasteiger partial charge in [-0.3, -0.25) is 0 Å². The largest absolute Gasteiger partial charge is 0.424 e. The predicted molar refractivity (Wildman–Crippen MR) is 92.8 cm³/mol. The van der Waals surface area contributed by atoms with Gasteiger partial charge in [0.1, 0.15) is 11.4 Å². The van der Waals surface area contributed by atoms with Gasteiger partial charge in [-0.05, 0) is 30.7 Å². The van der Waals surface area contributed by atoms with Gasteiger partial charge in [0.2, 0.25) is 0 Å². The number of fused-ring (bicyclic) bond motifs is 1. The van der Waals surface area contributed by atoms with Crippen LogP contribution in [0.1, 0.15) is 23.9 Å². The molecule has 0 aliphatic rings. The fourth-order valence-electron chi connectivity index (χ4n) is 2.30. The van der Waals surface area contributed by atoms with Crippen LogP contribution in [0.25, 0.3) is 17.1 Å². The van der Waals surface area contributed by atoms with Crippen molar-refractivity contribution in [2.24, 2.45) is 0 Å². The summed E-state index contributed by atoms with van der Waals surface area (Å²) in [6.07, 6.45) is 7.80. The molecule has 3 rings (SSSR count). The maximum absolute atomic E-state index is 6.37. The van der Waals surface area contributed by atoms with Crippen LogP contribution in [0.4, 0.5) is 0 Å². The van der Waals surface area contributed by atoms with Crippen molar-refractivity contribution in [3.05, 3.63) is 52.8 Å². The molecule has 0 aliphatic heterocycles. The molecule has 23 heavy (non-hydrogen) atoms. The van der Waals surface area contributed by atoms with Gasteiger partial charge < -0.3 is 9.72 Å². The molecule has 0 saturated heterocycles. The zero-order chi connectivity index (χ0) is 16.4. The summed E-state index contributed by atoms with van der Waals surface area (Å²) in [7, 11) is 0. The van der Waals surface area contributed by atoms with Crippen LogP contribution in [-0.4, -0.2) is 15.0 Å². The summed E-state index contributed by atoms with van der Waals surface area (Å²) in [6, 6.07) is 7.39. The number of hydrogen-bond donors (Lipinski definition) is 1. The van der Waals surface area contributed by atoms with E-state index in [4.69, 9.17) is 22.8 Å². The third kappa shape index (κ3) is 2.79. The fraction of sp³-hybridized carbons (Fsp3) is 0.111. The molecule has 1 N–H and O–H groups in total. The highest BCUT2D eigenvalue weighted by Crippen LogP contribution is 2.31. The highest BCUT2D eigenvalue weighted by Gasteiger charge is 2.15. The van der Waals surface area contributed by atoms with Crippen molar-refractivity contribution < 1.29 is 4.74 Å². The number of ether oxygens (including phenoxy) is 1. The van der Waals surface area contributed by atoms with Gasteiger partial charge >= 0.3 is 6.01 Å². The first-order chi connectivity index (χ1) is 11.2. The Bertz CT molecular complexity index is 937. The molecule has 1 aromatic carbocycles. The number of terminal acetylenes is 1. The molecule has 4 nitrogen and oxygen atoms in total. The van der Waals surface area contributed by atoms with E-state index in [1.165, 1.54) is 0 Å². The molecule has 0 radical (unpaired) electrons. The molecule has 2 aromatic heterocycles. The lowest BCUT2D eigenvalue weighted by Gasteiger charge is -2.06. The normalized spacial score (nSPS) is 10.5. The lowest BCUT2D eigenvalue weighted by Crippen LogP contribution is -1.95. The molecule has 3 aromatic rings. The Balaban J connectivity index is 2.08. The molecule has 0 bridgehead atoms. The number of aromatic nitrogens is 3. The minimum absolute atomic E-state index is 0.210. The standard InChI is InChI=1S/C18H14ClN3O/c1-4-11-8-7-9-12(10-11)23-18-21-13(5-2)15-16(19)14(6-3)20-17(15)22-18/h1,5,7-10H,2,6H2,3H3,(H,20,21,22). The van der Waals surface area contributed by atoms with E-state index in [1.54, 1.807) is 18.2 Å². The second kappa shape index (κ2) is 6.15. The molecular formula is C18H14ClN3O. The quantitative estimate of drug-likeness (QED) is 0.714. The van der Waals surface area contributed by atoms with E-state index in [9.17, 15) is 0 Å². The van der Waals surface area contributed by atoms with Crippen molar-refractivity contribution in [3.8, 4) is 24.1 Å². The van der Waals surface area contributed by atoms with E-state index < -0.39 is 0 Å². The zero-order valence-corrected chi connectivity index (χ0v) is 13.3. The molecule has 0 fully saturated rings. The van der Waals surface area contributed by atoms with E-state index >= 15 is 0 Å². The molecular weight excluding hydrogens is 310 g/mol. The Morgan fingerprint density at radius 3 is 2.96 bits per heavy atom. The Morgan fingerprint density at radius 2 is 2.26 bits per heavy atom. The molecule has 0 atom stereocenters. The maximum Gasteiger partial charge on any atom is 0.324 e.